The molecule has 2 rings (SSSR count). The molecule has 112 valence electrons. The van der Waals surface area contributed by atoms with E-state index in [-0.39, 0.29) is 0 Å². The zero-order valence-corrected chi connectivity index (χ0v) is 13.3. The summed E-state index contributed by atoms with van der Waals surface area (Å²) in [5.74, 6) is 1.30. The first kappa shape index (κ1) is 15.6. The molecule has 0 unspecified atom stereocenters. The number of halogens is 1. The number of hydrogen-bond acceptors (Lipinski definition) is 4. The molecule has 0 amide bonds. The van der Waals surface area contributed by atoms with Crippen LogP contribution in [0.5, 0.6) is 11.6 Å². The van der Waals surface area contributed by atoms with Crippen molar-refractivity contribution < 1.29 is 4.74 Å². The van der Waals surface area contributed by atoms with Crippen molar-refractivity contribution in [1.82, 2.24) is 10.3 Å². The second kappa shape index (κ2) is 7.29. The summed E-state index contributed by atoms with van der Waals surface area (Å²) >= 11 is 6.14. The van der Waals surface area contributed by atoms with Crippen LogP contribution < -0.4 is 15.0 Å². The molecule has 1 N–H and O–H groups in total. The summed E-state index contributed by atoms with van der Waals surface area (Å²) in [6.45, 7) is 3.54. The first-order valence-electron chi connectivity index (χ1n) is 6.91. The van der Waals surface area contributed by atoms with Crippen molar-refractivity contribution in [2.45, 2.75) is 13.5 Å². The van der Waals surface area contributed by atoms with E-state index in [1.807, 2.05) is 56.3 Å². The molecular formula is C16H20ClN3O. The molecule has 1 aromatic carbocycles. The third kappa shape index (κ3) is 4.34. The Morgan fingerprint density at radius 1 is 1.24 bits per heavy atom. The third-order valence-corrected chi connectivity index (χ3v) is 3.34. The Balaban J connectivity index is 2.17. The molecule has 0 saturated heterocycles. The van der Waals surface area contributed by atoms with Gasteiger partial charge in [0.15, 0.2) is 0 Å². The van der Waals surface area contributed by atoms with Crippen molar-refractivity contribution in [2.75, 3.05) is 25.5 Å². The van der Waals surface area contributed by atoms with E-state index in [0.29, 0.717) is 17.4 Å². The van der Waals surface area contributed by atoms with E-state index in [4.69, 9.17) is 16.3 Å². The highest BCUT2D eigenvalue weighted by Crippen LogP contribution is 2.26. The molecule has 0 radical (unpaired) electrons. The van der Waals surface area contributed by atoms with Gasteiger partial charge < -0.3 is 15.0 Å². The maximum atomic E-state index is 6.14. The van der Waals surface area contributed by atoms with Crippen LogP contribution in [-0.2, 0) is 6.54 Å². The zero-order valence-electron chi connectivity index (χ0n) is 12.6. The molecule has 1 heterocycles. The van der Waals surface area contributed by atoms with Crippen LogP contribution in [0.25, 0.3) is 0 Å². The lowest BCUT2D eigenvalue weighted by atomic mass is 10.3. The predicted molar refractivity (Wildman–Crippen MR) is 87.5 cm³/mol. The van der Waals surface area contributed by atoms with E-state index in [1.54, 1.807) is 6.07 Å². The maximum Gasteiger partial charge on any atom is 0.219 e. The number of hydrogen-bond donors (Lipinski definition) is 1. The minimum Gasteiger partial charge on any atom is -0.439 e. The molecule has 1 aromatic heterocycles. The lowest BCUT2D eigenvalue weighted by Gasteiger charge is -2.14. The summed E-state index contributed by atoms with van der Waals surface area (Å²) in [4.78, 5) is 6.48. The van der Waals surface area contributed by atoms with Crippen LogP contribution in [0, 0.1) is 0 Å². The highest BCUT2D eigenvalue weighted by molar-refractivity contribution is 6.31. The molecule has 0 spiro atoms. The van der Waals surface area contributed by atoms with Crippen molar-refractivity contribution in [1.29, 1.82) is 0 Å². The van der Waals surface area contributed by atoms with Gasteiger partial charge in [0, 0.05) is 38.5 Å². The number of aromatic nitrogens is 1. The van der Waals surface area contributed by atoms with Crippen LogP contribution in [0.3, 0.4) is 0 Å². The first-order valence-corrected chi connectivity index (χ1v) is 7.29. The Labute approximate surface area is 130 Å². The van der Waals surface area contributed by atoms with E-state index in [2.05, 4.69) is 10.3 Å². The van der Waals surface area contributed by atoms with Gasteiger partial charge in [-0.2, -0.15) is 0 Å². The van der Waals surface area contributed by atoms with Crippen LogP contribution >= 0.6 is 11.6 Å². The summed E-state index contributed by atoms with van der Waals surface area (Å²) in [7, 11) is 3.99. The fourth-order valence-electron chi connectivity index (χ4n) is 1.83. The molecule has 0 aliphatic heterocycles. The third-order valence-electron chi connectivity index (χ3n) is 2.99. The second-order valence-electron chi connectivity index (χ2n) is 4.85. The van der Waals surface area contributed by atoms with E-state index in [9.17, 15) is 0 Å². The Hall–Kier alpha value is -1.78. The van der Waals surface area contributed by atoms with Crippen molar-refractivity contribution >= 4 is 17.3 Å². The predicted octanol–water partition coefficient (Wildman–Crippen LogP) is 3.70. The first-order chi connectivity index (χ1) is 10.1. The largest absolute Gasteiger partial charge is 0.439 e. The normalized spacial score (nSPS) is 10.5. The monoisotopic (exact) mass is 305 g/mol. The Bertz CT molecular complexity index is 602. The summed E-state index contributed by atoms with van der Waals surface area (Å²) in [6, 6.07) is 11.5. The molecule has 2 aromatic rings. The Kier molecular flexibility index (Phi) is 5.42. The van der Waals surface area contributed by atoms with Crippen molar-refractivity contribution in [2.24, 2.45) is 0 Å². The van der Waals surface area contributed by atoms with Gasteiger partial charge >= 0.3 is 0 Å². The number of benzene rings is 1. The van der Waals surface area contributed by atoms with Gasteiger partial charge in [0.05, 0.1) is 10.7 Å². The Morgan fingerprint density at radius 3 is 2.76 bits per heavy atom. The van der Waals surface area contributed by atoms with E-state index in [1.165, 1.54) is 0 Å². The fraction of sp³-hybridized carbons (Fsp3) is 0.312. The molecule has 0 saturated carbocycles. The average molecular weight is 306 g/mol. The smallest absolute Gasteiger partial charge is 0.219 e. The molecule has 0 fully saturated rings. The van der Waals surface area contributed by atoms with E-state index in [0.717, 1.165) is 23.7 Å². The SMILES string of the molecule is CCNCc1nc(Oc2cccc(N(C)C)c2)ccc1Cl. The molecule has 0 atom stereocenters. The molecule has 0 aliphatic rings. The highest BCUT2D eigenvalue weighted by atomic mass is 35.5. The average Bonchev–Trinajstić information content (AvgIpc) is 2.48. The van der Waals surface area contributed by atoms with Gasteiger partial charge in [0.2, 0.25) is 5.88 Å². The van der Waals surface area contributed by atoms with Crippen LogP contribution in [0.15, 0.2) is 36.4 Å². The fourth-order valence-corrected chi connectivity index (χ4v) is 2.01. The van der Waals surface area contributed by atoms with Gasteiger partial charge in [0.25, 0.3) is 0 Å². The lowest BCUT2D eigenvalue weighted by Crippen LogP contribution is -2.13. The van der Waals surface area contributed by atoms with Gasteiger partial charge in [-0.05, 0) is 24.7 Å². The summed E-state index contributed by atoms with van der Waals surface area (Å²) < 4.78 is 5.82. The van der Waals surface area contributed by atoms with Gasteiger partial charge in [0.1, 0.15) is 5.75 Å². The van der Waals surface area contributed by atoms with Crippen LogP contribution in [0.2, 0.25) is 5.02 Å². The van der Waals surface area contributed by atoms with Crippen LogP contribution in [0.1, 0.15) is 12.6 Å². The van der Waals surface area contributed by atoms with Crippen molar-refractivity contribution in [3.8, 4) is 11.6 Å². The van der Waals surface area contributed by atoms with Gasteiger partial charge in [-0.3, -0.25) is 0 Å². The molecule has 5 heteroatoms. The van der Waals surface area contributed by atoms with Gasteiger partial charge in [-0.15, -0.1) is 0 Å². The molecule has 21 heavy (non-hydrogen) atoms. The number of nitrogens with one attached hydrogen (secondary N) is 1. The summed E-state index contributed by atoms with van der Waals surface area (Å²) in [5, 5.41) is 3.86. The molecule has 4 nitrogen and oxygen atoms in total. The van der Waals surface area contributed by atoms with Crippen molar-refractivity contribution in [3.63, 3.8) is 0 Å². The lowest BCUT2D eigenvalue weighted by molar-refractivity contribution is 0.460. The van der Waals surface area contributed by atoms with Gasteiger partial charge in [-0.25, -0.2) is 4.98 Å². The topological polar surface area (TPSA) is 37.4 Å². The number of ether oxygens (including phenoxy) is 1. The van der Waals surface area contributed by atoms with E-state index >= 15 is 0 Å². The number of pyridine rings is 1. The molecule has 0 aliphatic carbocycles. The van der Waals surface area contributed by atoms with Crippen LogP contribution in [-0.4, -0.2) is 25.6 Å². The molecule has 0 bridgehead atoms. The second-order valence-corrected chi connectivity index (χ2v) is 5.26. The minimum absolute atomic E-state index is 0.545. The van der Waals surface area contributed by atoms with E-state index < -0.39 is 0 Å². The number of rotatable bonds is 6. The highest BCUT2D eigenvalue weighted by Gasteiger charge is 2.06. The minimum atomic E-state index is 0.545. The standard InChI is InChI=1S/C16H20ClN3O/c1-4-18-11-15-14(17)8-9-16(19-15)21-13-7-5-6-12(10-13)20(2)3/h5-10,18H,4,11H2,1-3H3. The van der Waals surface area contributed by atoms with Gasteiger partial charge in [-0.1, -0.05) is 24.6 Å². The Morgan fingerprint density at radius 2 is 2.05 bits per heavy atom. The maximum absolute atomic E-state index is 6.14. The number of nitrogens with zero attached hydrogens (tertiary/aromatic N) is 2. The van der Waals surface area contributed by atoms with Crippen LogP contribution in [0.4, 0.5) is 5.69 Å². The summed E-state index contributed by atoms with van der Waals surface area (Å²) in [6.07, 6.45) is 0. The number of anilines is 1. The summed E-state index contributed by atoms with van der Waals surface area (Å²) in [5.41, 5.74) is 1.87. The quantitative estimate of drug-likeness (QED) is 0.883. The van der Waals surface area contributed by atoms with Crippen molar-refractivity contribution in [3.05, 3.63) is 47.1 Å². The zero-order chi connectivity index (χ0) is 15.2. The molecular weight excluding hydrogens is 286 g/mol.